The van der Waals surface area contributed by atoms with Crippen LogP contribution in [0.25, 0.3) is 11.3 Å². The number of aliphatic hydroxyl groups is 2. The van der Waals surface area contributed by atoms with Gasteiger partial charge >= 0.3 is 0 Å². The third-order valence-electron chi connectivity index (χ3n) is 8.88. The lowest BCUT2D eigenvalue weighted by Gasteiger charge is -2.50. The molecule has 3 aliphatic rings. The molecule has 3 aromatic carbocycles. The van der Waals surface area contributed by atoms with E-state index in [2.05, 4.69) is 20.1 Å². The maximum Gasteiger partial charge on any atom is 0.184 e. The Morgan fingerprint density at radius 2 is 1.78 bits per heavy atom. The number of phenolic OH excluding ortho intramolecular Hbond substituents is 1. The number of nitrogens with zero attached hydrogens (tertiary/aromatic N) is 5. The summed E-state index contributed by atoms with van der Waals surface area (Å²) in [5, 5.41) is 40.5. The number of benzene rings is 3. The summed E-state index contributed by atoms with van der Waals surface area (Å²) in [5.41, 5.74) is 2.83. The second kappa shape index (κ2) is 12.8. The van der Waals surface area contributed by atoms with Gasteiger partial charge in [-0.25, -0.2) is 9.07 Å². The molecule has 11 nitrogen and oxygen atoms in total. The molecule has 12 heteroatoms. The molecule has 0 spiro atoms. The van der Waals surface area contributed by atoms with Crippen LogP contribution >= 0.6 is 0 Å². The van der Waals surface area contributed by atoms with E-state index in [-0.39, 0.29) is 30.8 Å². The quantitative estimate of drug-likeness (QED) is 0.285. The van der Waals surface area contributed by atoms with E-state index in [1.807, 2.05) is 42.5 Å². The van der Waals surface area contributed by atoms with Gasteiger partial charge in [0.25, 0.3) is 0 Å². The number of halogens is 1. The number of hydrogen-bond donors (Lipinski definition) is 3. The first-order valence-electron chi connectivity index (χ1n) is 15.2. The molecule has 7 atom stereocenters. The Kier molecular flexibility index (Phi) is 8.49. The molecule has 1 aromatic heterocycles. The number of piperazine rings is 1. The number of phenols is 1. The van der Waals surface area contributed by atoms with Gasteiger partial charge in [0, 0.05) is 43.0 Å². The normalized spacial score (nSPS) is 29.0. The number of fused-ring (bicyclic) bond motifs is 1. The number of aromatic nitrogens is 3. The van der Waals surface area contributed by atoms with Crippen molar-refractivity contribution in [2.45, 2.75) is 42.8 Å². The zero-order valence-electron chi connectivity index (χ0n) is 24.5. The first-order valence-corrected chi connectivity index (χ1v) is 15.2. The van der Waals surface area contributed by atoms with Gasteiger partial charge in [-0.3, -0.25) is 4.90 Å². The van der Waals surface area contributed by atoms with Gasteiger partial charge in [-0.1, -0.05) is 47.7 Å². The van der Waals surface area contributed by atoms with Crippen molar-refractivity contribution in [3.8, 4) is 17.0 Å². The summed E-state index contributed by atoms with van der Waals surface area (Å²) >= 11 is 0. The summed E-state index contributed by atoms with van der Waals surface area (Å²) in [6, 6.07) is 21.9. The standard InChI is InChI=1S/C33H36FN5O6/c34-23-8-4-7-22(15-23)27-17-39(36-35-27)30-31(42)28(44-29-20-43-33(45-32(29)30)21-5-2-1-3-6-21)18-37-13-14-38(25(16-37)19-40)24-9-11-26(41)12-10-24/h1-12,15,17,25,28-33,40-42H,13-14,16,18-20H2/t25?,28?,29?,30?,31?,32-,33?/m0/s1. The van der Waals surface area contributed by atoms with Gasteiger partial charge in [0.2, 0.25) is 0 Å². The van der Waals surface area contributed by atoms with Gasteiger partial charge in [0.1, 0.15) is 41.6 Å². The highest BCUT2D eigenvalue weighted by Crippen LogP contribution is 2.40. The van der Waals surface area contributed by atoms with E-state index in [1.54, 1.807) is 35.1 Å². The fourth-order valence-electron chi connectivity index (χ4n) is 6.61. The summed E-state index contributed by atoms with van der Waals surface area (Å²) < 4.78 is 34.6. The van der Waals surface area contributed by atoms with Crippen LogP contribution in [0, 0.1) is 5.82 Å². The third kappa shape index (κ3) is 6.17. The summed E-state index contributed by atoms with van der Waals surface area (Å²) in [5.74, 6) is -0.186. The Hall–Kier alpha value is -3.91. The second-order valence-electron chi connectivity index (χ2n) is 11.8. The zero-order valence-corrected chi connectivity index (χ0v) is 24.5. The van der Waals surface area contributed by atoms with E-state index in [1.165, 1.54) is 12.1 Å². The summed E-state index contributed by atoms with van der Waals surface area (Å²) in [6.07, 6.45) is -1.67. The van der Waals surface area contributed by atoms with Crippen molar-refractivity contribution in [2.24, 2.45) is 0 Å². The Morgan fingerprint density at radius 1 is 0.956 bits per heavy atom. The van der Waals surface area contributed by atoms with Crippen LogP contribution in [0.2, 0.25) is 0 Å². The van der Waals surface area contributed by atoms with E-state index < -0.39 is 36.7 Å². The van der Waals surface area contributed by atoms with Gasteiger partial charge < -0.3 is 34.4 Å². The number of rotatable bonds is 7. The molecular weight excluding hydrogens is 581 g/mol. The van der Waals surface area contributed by atoms with E-state index in [0.29, 0.717) is 37.4 Å². The van der Waals surface area contributed by atoms with Crippen LogP contribution < -0.4 is 4.90 Å². The summed E-state index contributed by atoms with van der Waals surface area (Å²) in [6.45, 7) is 2.50. The molecule has 0 amide bonds. The van der Waals surface area contributed by atoms with Crippen molar-refractivity contribution >= 4 is 5.69 Å². The van der Waals surface area contributed by atoms with Crippen LogP contribution in [0.4, 0.5) is 10.1 Å². The minimum atomic E-state index is -1.02. The van der Waals surface area contributed by atoms with Gasteiger partial charge in [-0.2, -0.15) is 0 Å². The fraction of sp³-hybridized carbons (Fsp3) is 0.394. The van der Waals surface area contributed by atoms with Crippen LogP contribution in [-0.2, 0) is 14.2 Å². The predicted molar refractivity (Wildman–Crippen MR) is 162 cm³/mol. The highest BCUT2D eigenvalue weighted by Gasteiger charge is 2.51. The maximum absolute atomic E-state index is 14.0. The average Bonchev–Trinajstić information content (AvgIpc) is 3.56. The number of hydrogen-bond acceptors (Lipinski definition) is 10. The van der Waals surface area contributed by atoms with Crippen LogP contribution in [0.1, 0.15) is 17.9 Å². The van der Waals surface area contributed by atoms with E-state index in [0.717, 1.165) is 11.3 Å². The van der Waals surface area contributed by atoms with Crippen molar-refractivity contribution < 1.29 is 33.9 Å². The van der Waals surface area contributed by atoms with Crippen LogP contribution in [-0.4, -0.2) is 105 Å². The molecule has 3 saturated heterocycles. The van der Waals surface area contributed by atoms with Crippen molar-refractivity contribution in [1.29, 1.82) is 0 Å². The molecule has 4 heterocycles. The second-order valence-corrected chi connectivity index (χ2v) is 11.8. The van der Waals surface area contributed by atoms with Gasteiger partial charge in [0.05, 0.1) is 31.6 Å². The smallest absolute Gasteiger partial charge is 0.184 e. The Balaban J connectivity index is 1.13. The third-order valence-corrected chi connectivity index (χ3v) is 8.88. The van der Waals surface area contributed by atoms with Crippen LogP contribution in [0.3, 0.4) is 0 Å². The topological polar surface area (TPSA) is 126 Å². The molecule has 0 bridgehead atoms. The number of aromatic hydroxyl groups is 1. The fourth-order valence-corrected chi connectivity index (χ4v) is 6.61. The summed E-state index contributed by atoms with van der Waals surface area (Å²) in [7, 11) is 0. The summed E-state index contributed by atoms with van der Waals surface area (Å²) in [4.78, 5) is 4.31. The molecule has 0 radical (unpaired) electrons. The maximum atomic E-state index is 14.0. The number of ether oxygens (including phenoxy) is 3. The highest BCUT2D eigenvalue weighted by atomic mass is 19.1. The molecule has 6 unspecified atom stereocenters. The van der Waals surface area contributed by atoms with Gasteiger partial charge in [0.15, 0.2) is 6.29 Å². The number of aliphatic hydroxyl groups excluding tert-OH is 2. The molecular formula is C33H36FN5O6. The Labute approximate surface area is 260 Å². The van der Waals surface area contributed by atoms with E-state index >= 15 is 0 Å². The minimum Gasteiger partial charge on any atom is -0.508 e. The zero-order chi connectivity index (χ0) is 30.9. The van der Waals surface area contributed by atoms with E-state index in [9.17, 15) is 19.7 Å². The minimum absolute atomic E-state index is 0.0524. The highest BCUT2D eigenvalue weighted by molar-refractivity contribution is 5.57. The van der Waals surface area contributed by atoms with Gasteiger partial charge in [-0.15, -0.1) is 5.10 Å². The molecule has 7 rings (SSSR count). The first kappa shape index (κ1) is 29.8. The predicted octanol–water partition coefficient (Wildman–Crippen LogP) is 2.76. The van der Waals surface area contributed by atoms with Crippen molar-refractivity contribution in [2.75, 3.05) is 44.3 Å². The van der Waals surface area contributed by atoms with Crippen LogP contribution in [0.15, 0.2) is 85.1 Å². The molecule has 4 aromatic rings. The molecule has 3 aliphatic heterocycles. The average molecular weight is 618 g/mol. The SMILES string of the molecule is OCC1CN(CC2OC3COC(c4ccccc4)O[C@@H]3C(n3cc(-c4cccc(F)c4)nn3)C2O)CCN1c1ccc(O)cc1. The van der Waals surface area contributed by atoms with Crippen molar-refractivity contribution in [1.82, 2.24) is 19.9 Å². The molecule has 0 saturated carbocycles. The first-order chi connectivity index (χ1) is 22.0. The molecule has 0 aliphatic carbocycles. The van der Waals surface area contributed by atoms with Crippen molar-refractivity contribution in [3.05, 3.63) is 96.4 Å². The Morgan fingerprint density at radius 3 is 2.56 bits per heavy atom. The Bertz CT molecular complexity index is 1580. The largest absolute Gasteiger partial charge is 0.508 e. The lowest BCUT2D eigenvalue weighted by molar-refractivity contribution is -0.317. The molecule has 236 valence electrons. The molecule has 3 fully saturated rings. The van der Waals surface area contributed by atoms with Crippen LogP contribution in [0.5, 0.6) is 5.75 Å². The molecule has 3 N–H and O–H groups in total. The van der Waals surface area contributed by atoms with E-state index in [4.69, 9.17) is 14.2 Å². The van der Waals surface area contributed by atoms with Gasteiger partial charge in [-0.05, 0) is 36.4 Å². The van der Waals surface area contributed by atoms with Crippen molar-refractivity contribution in [3.63, 3.8) is 0 Å². The lowest BCUT2D eigenvalue weighted by Crippen LogP contribution is -2.63. The molecule has 45 heavy (non-hydrogen) atoms. The monoisotopic (exact) mass is 617 g/mol. The lowest BCUT2D eigenvalue weighted by atomic mass is 9.91. The number of anilines is 1.